The van der Waals surface area contributed by atoms with Gasteiger partial charge in [-0.1, -0.05) is 6.07 Å². The third-order valence-electron chi connectivity index (χ3n) is 6.40. The van der Waals surface area contributed by atoms with Crippen LogP contribution in [0.5, 0.6) is 0 Å². The highest BCUT2D eigenvalue weighted by Crippen LogP contribution is 2.32. The number of halogens is 3. The SMILES string of the molecule is CNc1cc(-n2nc(C)cc2Nc2cc(NC(=O)c3cc(CN(O)C(C)(C)C)cc(C(F)(F)F)c3)ccc2C)ncn1. The number of hydrogen-bond donors (Lipinski definition) is 4. The Kier molecular flexibility index (Phi) is 8.55. The molecule has 0 saturated carbocycles. The van der Waals surface area contributed by atoms with Crippen molar-refractivity contribution in [3.63, 3.8) is 0 Å². The van der Waals surface area contributed by atoms with Crippen molar-refractivity contribution in [1.82, 2.24) is 24.8 Å². The van der Waals surface area contributed by atoms with Gasteiger partial charge < -0.3 is 21.2 Å². The van der Waals surface area contributed by atoms with Gasteiger partial charge in [0.05, 0.1) is 11.3 Å². The fourth-order valence-electron chi connectivity index (χ4n) is 4.03. The van der Waals surface area contributed by atoms with Crippen molar-refractivity contribution in [2.24, 2.45) is 0 Å². The van der Waals surface area contributed by atoms with E-state index in [4.69, 9.17) is 0 Å². The number of anilines is 4. The number of carbonyl (C=O) groups excluding carboxylic acids is 1. The second-order valence-corrected chi connectivity index (χ2v) is 10.8. The van der Waals surface area contributed by atoms with Crippen LogP contribution in [0, 0.1) is 13.8 Å². The average molecular weight is 583 g/mol. The first kappa shape index (κ1) is 30.5. The molecule has 42 heavy (non-hydrogen) atoms. The van der Waals surface area contributed by atoms with Crippen molar-refractivity contribution in [3.05, 3.63) is 82.8 Å². The smallest absolute Gasteiger partial charge is 0.373 e. The molecular weight excluding hydrogens is 549 g/mol. The predicted molar refractivity (Wildman–Crippen MR) is 154 cm³/mol. The number of carbonyl (C=O) groups is 1. The minimum absolute atomic E-state index is 0.147. The number of hydrogen-bond acceptors (Lipinski definition) is 8. The van der Waals surface area contributed by atoms with Crippen LogP contribution in [-0.4, -0.2) is 48.5 Å². The van der Waals surface area contributed by atoms with Gasteiger partial charge in [-0.05, 0) is 76.1 Å². The van der Waals surface area contributed by atoms with Crippen LogP contribution < -0.4 is 16.0 Å². The van der Waals surface area contributed by atoms with Crippen LogP contribution in [0.15, 0.2) is 54.9 Å². The van der Waals surface area contributed by atoms with E-state index in [1.807, 2.05) is 19.9 Å². The number of aryl methyl sites for hydroxylation is 2. The second kappa shape index (κ2) is 11.8. The third-order valence-corrected chi connectivity index (χ3v) is 6.40. The Morgan fingerprint density at radius 1 is 1.02 bits per heavy atom. The first-order valence-corrected chi connectivity index (χ1v) is 13.1. The molecule has 0 aliphatic carbocycles. The number of nitrogens with zero attached hydrogens (tertiary/aromatic N) is 5. The Hall–Kier alpha value is -4.49. The highest BCUT2D eigenvalue weighted by molar-refractivity contribution is 6.04. The maximum absolute atomic E-state index is 13.7. The molecule has 0 bridgehead atoms. The number of hydroxylamine groups is 2. The highest BCUT2D eigenvalue weighted by Gasteiger charge is 2.32. The number of rotatable bonds is 8. The molecule has 0 atom stereocenters. The van der Waals surface area contributed by atoms with Crippen molar-refractivity contribution >= 4 is 28.9 Å². The van der Waals surface area contributed by atoms with Gasteiger partial charge in [-0.25, -0.2) is 9.97 Å². The average Bonchev–Trinajstić information content (AvgIpc) is 3.29. The number of amides is 1. The van der Waals surface area contributed by atoms with Crippen molar-refractivity contribution in [2.45, 2.75) is 52.9 Å². The molecule has 0 unspecified atom stereocenters. The normalized spacial score (nSPS) is 12.0. The zero-order valence-electron chi connectivity index (χ0n) is 24.1. The Morgan fingerprint density at radius 2 is 1.76 bits per heavy atom. The van der Waals surface area contributed by atoms with Gasteiger partial charge in [0.1, 0.15) is 18.0 Å². The van der Waals surface area contributed by atoms with E-state index in [-0.39, 0.29) is 17.7 Å². The number of nitrogens with one attached hydrogen (secondary N) is 3. The maximum atomic E-state index is 13.7. The molecular formula is C29H33F3N8O2. The van der Waals surface area contributed by atoms with Crippen molar-refractivity contribution in [1.29, 1.82) is 0 Å². The van der Waals surface area contributed by atoms with Crippen LogP contribution >= 0.6 is 0 Å². The summed E-state index contributed by atoms with van der Waals surface area (Å²) in [6.07, 6.45) is -3.25. The van der Waals surface area contributed by atoms with E-state index in [0.29, 0.717) is 28.8 Å². The lowest BCUT2D eigenvalue weighted by molar-refractivity contribution is -0.164. The second-order valence-electron chi connectivity index (χ2n) is 10.8. The van der Waals surface area contributed by atoms with Crippen LogP contribution in [0.1, 0.15) is 53.5 Å². The summed E-state index contributed by atoms with van der Waals surface area (Å²) in [4.78, 5) is 21.6. The van der Waals surface area contributed by atoms with Gasteiger partial charge in [0.25, 0.3) is 5.91 Å². The monoisotopic (exact) mass is 582 g/mol. The summed E-state index contributed by atoms with van der Waals surface area (Å²) in [7, 11) is 1.75. The van der Waals surface area contributed by atoms with E-state index in [1.165, 1.54) is 12.4 Å². The summed E-state index contributed by atoms with van der Waals surface area (Å²) in [6.45, 7) is 8.68. The molecule has 2 heterocycles. The molecule has 0 fully saturated rings. The van der Waals surface area contributed by atoms with E-state index in [9.17, 15) is 23.2 Å². The number of aromatic nitrogens is 4. The zero-order valence-corrected chi connectivity index (χ0v) is 24.1. The first-order chi connectivity index (χ1) is 19.6. The van der Waals surface area contributed by atoms with Crippen molar-refractivity contribution in [3.8, 4) is 5.82 Å². The molecule has 4 N–H and O–H groups in total. The molecule has 4 rings (SSSR count). The fraction of sp³-hybridized carbons (Fsp3) is 0.310. The Labute approximate surface area is 241 Å². The predicted octanol–water partition coefficient (Wildman–Crippen LogP) is 6.33. The molecule has 0 radical (unpaired) electrons. The summed E-state index contributed by atoms with van der Waals surface area (Å²) >= 11 is 0. The van der Waals surface area contributed by atoms with Gasteiger partial charge in [-0.3, -0.25) is 4.79 Å². The van der Waals surface area contributed by atoms with Gasteiger partial charge in [0.15, 0.2) is 5.82 Å². The third kappa shape index (κ3) is 7.22. The Bertz CT molecular complexity index is 1590. The molecule has 1 amide bonds. The van der Waals surface area contributed by atoms with Crippen LogP contribution in [0.3, 0.4) is 0 Å². The van der Waals surface area contributed by atoms with E-state index >= 15 is 0 Å². The lowest BCUT2D eigenvalue weighted by atomic mass is 10.0. The molecule has 4 aromatic rings. The molecule has 2 aromatic carbocycles. The molecule has 10 nitrogen and oxygen atoms in total. The van der Waals surface area contributed by atoms with Crippen molar-refractivity contribution < 1.29 is 23.2 Å². The van der Waals surface area contributed by atoms with E-state index in [0.717, 1.165) is 28.5 Å². The topological polar surface area (TPSA) is 120 Å². The van der Waals surface area contributed by atoms with Gasteiger partial charge in [0.2, 0.25) is 0 Å². The largest absolute Gasteiger partial charge is 0.416 e. The summed E-state index contributed by atoms with van der Waals surface area (Å²) in [5.74, 6) is 1.02. The lowest BCUT2D eigenvalue weighted by Gasteiger charge is -2.29. The summed E-state index contributed by atoms with van der Waals surface area (Å²) in [5.41, 5.74) is 0.868. The van der Waals surface area contributed by atoms with E-state index in [2.05, 4.69) is 31.0 Å². The quantitative estimate of drug-likeness (QED) is 0.178. The molecule has 13 heteroatoms. The van der Waals surface area contributed by atoms with Crippen LogP contribution in [0.25, 0.3) is 5.82 Å². The fourth-order valence-corrected chi connectivity index (χ4v) is 4.03. The maximum Gasteiger partial charge on any atom is 0.416 e. The van der Waals surface area contributed by atoms with Gasteiger partial charge >= 0.3 is 6.18 Å². The molecule has 0 aliphatic rings. The summed E-state index contributed by atoms with van der Waals surface area (Å²) < 4.78 is 42.7. The first-order valence-electron chi connectivity index (χ1n) is 13.1. The van der Waals surface area contributed by atoms with Crippen LogP contribution in [0.2, 0.25) is 0 Å². The summed E-state index contributed by atoms with van der Waals surface area (Å²) in [5, 5.41) is 24.7. The van der Waals surface area contributed by atoms with Gasteiger partial charge in [-0.2, -0.15) is 28.0 Å². The van der Waals surface area contributed by atoms with Crippen LogP contribution in [-0.2, 0) is 12.7 Å². The highest BCUT2D eigenvalue weighted by atomic mass is 19.4. The Balaban J connectivity index is 1.61. The van der Waals surface area contributed by atoms with Gasteiger partial charge in [0, 0.05) is 48.2 Å². The number of alkyl halides is 3. The molecule has 0 spiro atoms. The summed E-state index contributed by atoms with van der Waals surface area (Å²) in [6, 6.07) is 11.8. The molecule has 2 aromatic heterocycles. The minimum atomic E-state index is -4.67. The minimum Gasteiger partial charge on any atom is -0.373 e. The van der Waals surface area contributed by atoms with Crippen LogP contribution in [0.4, 0.5) is 36.2 Å². The molecule has 0 saturated heterocycles. The van der Waals surface area contributed by atoms with Crippen molar-refractivity contribution in [2.75, 3.05) is 23.0 Å². The molecule has 0 aliphatic heterocycles. The van der Waals surface area contributed by atoms with E-state index in [1.54, 1.807) is 56.8 Å². The molecule has 222 valence electrons. The zero-order chi connectivity index (χ0) is 30.8. The van der Waals surface area contributed by atoms with Gasteiger partial charge in [-0.15, -0.1) is 0 Å². The Morgan fingerprint density at radius 3 is 2.43 bits per heavy atom. The lowest BCUT2D eigenvalue weighted by Crippen LogP contribution is -2.38. The standard InChI is InChI=1S/C29H33F3N8O2/c1-17-7-8-22(13-23(17)37-26-9-18(2)38-40(26)25-14-24(33-6)34-16-35-25)36-27(41)20-10-19(15-39(42)28(3,4)5)11-21(12-20)29(30,31)32/h7-14,16,37,42H,15H2,1-6H3,(H,36,41)(H,33,34,35). The van der Waals surface area contributed by atoms with E-state index < -0.39 is 23.2 Å². The number of benzene rings is 2.